The molecule has 4 aromatic rings. The molecule has 0 radical (unpaired) electrons. The molecule has 1 heterocycles. The van der Waals surface area contributed by atoms with Gasteiger partial charge in [0.2, 0.25) is 11.9 Å². The molecule has 4 rings (SSSR count). The number of sulfonamides is 2. The molecule has 14 heteroatoms. The SMILES string of the molecule is COc1ccc(S(=O)(=O)N(CC(=O)Nc2ccc(S(=O)(=O)Nc3nc(C)cc(C)n3)cc2)c2ccc(F)cc2)cc1. The maximum Gasteiger partial charge on any atom is 0.264 e. The number of hydrogen-bond donors (Lipinski definition) is 2. The van der Waals surface area contributed by atoms with Crippen molar-refractivity contribution in [3.63, 3.8) is 0 Å². The number of halogens is 1. The fourth-order valence-electron chi connectivity index (χ4n) is 3.80. The van der Waals surface area contributed by atoms with E-state index in [1.165, 1.54) is 67.8 Å². The number of carbonyl (C=O) groups is 1. The molecule has 0 atom stereocenters. The molecule has 2 N–H and O–H groups in total. The second kappa shape index (κ2) is 11.9. The largest absolute Gasteiger partial charge is 0.497 e. The van der Waals surface area contributed by atoms with Crippen LogP contribution < -0.4 is 19.1 Å². The number of carbonyl (C=O) groups excluding carboxylic acids is 1. The Morgan fingerprint density at radius 2 is 1.41 bits per heavy atom. The van der Waals surface area contributed by atoms with Gasteiger partial charge in [0.15, 0.2) is 0 Å². The van der Waals surface area contributed by atoms with Crippen LogP contribution in [0.5, 0.6) is 5.75 Å². The molecule has 0 saturated heterocycles. The van der Waals surface area contributed by atoms with Crippen LogP contribution in [0.3, 0.4) is 0 Å². The summed E-state index contributed by atoms with van der Waals surface area (Å²) in [7, 11) is -6.83. The third kappa shape index (κ3) is 7.15. The number of nitrogens with zero attached hydrogens (tertiary/aromatic N) is 3. The highest BCUT2D eigenvalue weighted by atomic mass is 32.2. The predicted molar refractivity (Wildman–Crippen MR) is 151 cm³/mol. The lowest BCUT2D eigenvalue weighted by molar-refractivity contribution is -0.114. The first kappa shape index (κ1) is 29.4. The Hall–Kier alpha value is -4.56. The van der Waals surface area contributed by atoms with E-state index in [4.69, 9.17) is 4.74 Å². The Kier molecular flexibility index (Phi) is 8.54. The number of benzene rings is 3. The lowest BCUT2D eigenvalue weighted by Gasteiger charge is -2.24. The maximum atomic E-state index is 13.6. The fourth-order valence-corrected chi connectivity index (χ4v) is 6.16. The van der Waals surface area contributed by atoms with E-state index in [1.54, 1.807) is 19.9 Å². The molecule has 1 amide bonds. The molecule has 0 saturated carbocycles. The van der Waals surface area contributed by atoms with Crippen molar-refractivity contribution in [3.05, 3.63) is 96.1 Å². The molecule has 0 spiro atoms. The topological polar surface area (TPSA) is 148 Å². The van der Waals surface area contributed by atoms with Gasteiger partial charge in [-0.3, -0.25) is 9.10 Å². The van der Waals surface area contributed by atoms with E-state index in [-0.39, 0.29) is 27.1 Å². The minimum atomic E-state index is -4.25. The summed E-state index contributed by atoms with van der Waals surface area (Å²) < 4.78 is 74.3. The lowest BCUT2D eigenvalue weighted by atomic mass is 10.3. The van der Waals surface area contributed by atoms with Gasteiger partial charge in [-0.05, 0) is 92.7 Å². The fraction of sp³-hybridized carbons (Fsp3) is 0.148. The number of rotatable bonds is 10. The van der Waals surface area contributed by atoms with Gasteiger partial charge in [-0.1, -0.05) is 0 Å². The van der Waals surface area contributed by atoms with Crippen LogP contribution in [0.1, 0.15) is 11.4 Å². The number of anilines is 3. The van der Waals surface area contributed by atoms with Crippen LogP contribution in [0, 0.1) is 19.7 Å². The quantitative estimate of drug-likeness (QED) is 0.279. The first-order valence-electron chi connectivity index (χ1n) is 12.0. The summed E-state index contributed by atoms with van der Waals surface area (Å²) in [6, 6.07) is 17.2. The zero-order chi connectivity index (χ0) is 29.8. The minimum absolute atomic E-state index is 0.0680. The van der Waals surface area contributed by atoms with Crippen LogP contribution in [0.4, 0.5) is 21.7 Å². The summed E-state index contributed by atoms with van der Waals surface area (Å²) in [5.74, 6) is -0.923. The standard InChI is InChI=1S/C27H26FN5O6S2/c1-18-16-19(2)30-27(29-18)32-40(35,36)24-12-6-21(7-13-24)31-26(34)17-33(22-8-4-20(28)5-9-22)41(37,38)25-14-10-23(39-3)11-15-25/h4-16H,17H2,1-3H3,(H,31,34)(H,29,30,32). The third-order valence-electron chi connectivity index (χ3n) is 5.71. The lowest BCUT2D eigenvalue weighted by Crippen LogP contribution is -2.38. The third-order valence-corrected chi connectivity index (χ3v) is 8.84. The normalized spacial score (nSPS) is 11.5. The molecule has 3 aromatic carbocycles. The van der Waals surface area contributed by atoms with Crippen molar-refractivity contribution in [2.75, 3.05) is 28.0 Å². The van der Waals surface area contributed by atoms with E-state index in [1.807, 2.05) is 0 Å². The monoisotopic (exact) mass is 599 g/mol. The highest BCUT2D eigenvalue weighted by Crippen LogP contribution is 2.26. The first-order valence-corrected chi connectivity index (χ1v) is 15.0. The van der Waals surface area contributed by atoms with Gasteiger partial charge in [-0.15, -0.1) is 0 Å². The summed E-state index contributed by atoms with van der Waals surface area (Å²) in [5, 5.41) is 2.56. The van der Waals surface area contributed by atoms with Crippen molar-refractivity contribution >= 4 is 43.3 Å². The number of aryl methyl sites for hydroxylation is 2. The summed E-state index contributed by atoms with van der Waals surface area (Å²) in [4.78, 5) is 20.9. The van der Waals surface area contributed by atoms with E-state index in [9.17, 15) is 26.0 Å². The van der Waals surface area contributed by atoms with Crippen molar-refractivity contribution < 1.29 is 30.8 Å². The molecule has 41 heavy (non-hydrogen) atoms. The zero-order valence-electron chi connectivity index (χ0n) is 22.2. The average Bonchev–Trinajstić information content (AvgIpc) is 2.92. The van der Waals surface area contributed by atoms with Crippen LogP contribution in [-0.4, -0.2) is 46.4 Å². The number of hydrogen-bond acceptors (Lipinski definition) is 8. The van der Waals surface area contributed by atoms with Crippen LogP contribution in [-0.2, 0) is 24.8 Å². The molecule has 0 aliphatic carbocycles. The molecule has 11 nitrogen and oxygen atoms in total. The van der Waals surface area contributed by atoms with E-state index in [0.717, 1.165) is 16.4 Å². The molecule has 0 aliphatic heterocycles. The Labute approximate surface area is 237 Å². The smallest absolute Gasteiger partial charge is 0.264 e. The Balaban J connectivity index is 1.53. The van der Waals surface area contributed by atoms with E-state index >= 15 is 0 Å². The van der Waals surface area contributed by atoms with Gasteiger partial charge in [0.25, 0.3) is 20.0 Å². The number of methoxy groups -OCH3 is 1. The molecule has 0 aliphatic rings. The summed E-state index contributed by atoms with van der Waals surface area (Å²) in [5.41, 5.74) is 1.48. The van der Waals surface area contributed by atoms with E-state index in [0.29, 0.717) is 17.1 Å². The average molecular weight is 600 g/mol. The number of aromatic nitrogens is 2. The molecule has 0 bridgehead atoms. The predicted octanol–water partition coefficient (Wildman–Crippen LogP) is 3.88. The second-order valence-electron chi connectivity index (χ2n) is 8.82. The van der Waals surface area contributed by atoms with Gasteiger partial charge >= 0.3 is 0 Å². The van der Waals surface area contributed by atoms with Gasteiger partial charge in [-0.2, -0.15) is 0 Å². The summed E-state index contributed by atoms with van der Waals surface area (Å²) in [6.07, 6.45) is 0. The van der Waals surface area contributed by atoms with Crippen LogP contribution in [0.15, 0.2) is 88.7 Å². The van der Waals surface area contributed by atoms with Crippen molar-refractivity contribution in [2.24, 2.45) is 0 Å². The number of amides is 1. The Bertz CT molecular complexity index is 1740. The van der Waals surface area contributed by atoms with Gasteiger partial charge in [-0.25, -0.2) is 35.9 Å². The highest BCUT2D eigenvalue weighted by Gasteiger charge is 2.27. The first-order chi connectivity index (χ1) is 19.4. The van der Waals surface area contributed by atoms with Crippen LogP contribution in [0.25, 0.3) is 0 Å². The van der Waals surface area contributed by atoms with Crippen molar-refractivity contribution in [1.29, 1.82) is 0 Å². The van der Waals surface area contributed by atoms with Gasteiger partial charge in [0.1, 0.15) is 18.1 Å². The number of ether oxygens (including phenoxy) is 1. The summed E-state index contributed by atoms with van der Waals surface area (Å²) in [6.45, 7) is 2.78. The molecule has 0 fully saturated rings. The number of nitrogens with one attached hydrogen (secondary N) is 2. The molecular formula is C27H26FN5O6S2. The van der Waals surface area contributed by atoms with Crippen molar-refractivity contribution in [1.82, 2.24) is 9.97 Å². The van der Waals surface area contributed by atoms with Crippen LogP contribution >= 0.6 is 0 Å². The van der Waals surface area contributed by atoms with E-state index < -0.39 is 38.3 Å². The van der Waals surface area contributed by atoms with Gasteiger partial charge < -0.3 is 10.1 Å². The molecule has 214 valence electrons. The van der Waals surface area contributed by atoms with Crippen LogP contribution in [0.2, 0.25) is 0 Å². The van der Waals surface area contributed by atoms with Gasteiger partial charge in [0.05, 0.1) is 22.6 Å². The van der Waals surface area contributed by atoms with Crippen molar-refractivity contribution in [2.45, 2.75) is 23.6 Å². The van der Waals surface area contributed by atoms with E-state index in [2.05, 4.69) is 20.0 Å². The van der Waals surface area contributed by atoms with Crippen molar-refractivity contribution in [3.8, 4) is 5.75 Å². The van der Waals surface area contributed by atoms with Gasteiger partial charge in [0, 0.05) is 17.1 Å². The Morgan fingerprint density at radius 1 is 0.854 bits per heavy atom. The Morgan fingerprint density at radius 3 is 1.98 bits per heavy atom. The molecule has 1 aromatic heterocycles. The minimum Gasteiger partial charge on any atom is -0.497 e. The molecule has 0 unspecified atom stereocenters. The zero-order valence-corrected chi connectivity index (χ0v) is 23.8. The highest BCUT2D eigenvalue weighted by molar-refractivity contribution is 7.93. The maximum absolute atomic E-state index is 13.6. The second-order valence-corrected chi connectivity index (χ2v) is 12.4. The summed E-state index contributed by atoms with van der Waals surface area (Å²) >= 11 is 0. The molecular weight excluding hydrogens is 573 g/mol.